The Hall–Kier alpha value is -0.820. The summed E-state index contributed by atoms with van der Waals surface area (Å²) in [5.41, 5.74) is 0. The third-order valence-electron chi connectivity index (χ3n) is 4.72. The highest BCUT2D eigenvalue weighted by Gasteiger charge is 2.26. The third-order valence-corrected chi connectivity index (χ3v) is 5.65. The number of sulfonamides is 1. The summed E-state index contributed by atoms with van der Waals surface area (Å²) < 4.78 is 22.2. The zero-order valence-corrected chi connectivity index (χ0v) is 13.6. The molecule has 2 atom stereocenters. The Labute approximate surface area is 127 Å². The molecule has 0 bridgehead atoms. The topological polar surface area (TPSA) is 92.5 Å². The summed E-state index contributed by atoms with van der Waals surface area (Å²) in [4.78, 5) is 13.9. The monoisotopic (exact) mass is 317 g/mol. The number of carbonyl (C=O) groups is 1. The van der Waals surface area contributed by atoms with Crippen molar-refractivity contribution in [1.82, 2.24) is 10.2 Å². The van der Waals surface area contributed by atoms with Gasteiger partial charge in [-0.3, -0.25) is 0 Å². The van der Waals surface area contributed by atoms with Gasteiger partial charge in [0.1, 0.15) is 0 Å². The normalized spacial score (nSPS) is 27.8. The van der Waals surface area contributed by atoms with Gasteiger partial charge >= 0.3 is 6.03 Å². The Morgan fingerprint density at radius 3 is 2.38 bits per heavy atom. The quantitative estimate of drug-likeness (QED) is 0.814. The molecule has 21 heavy (non-hydrogen) atoms. The van der Waals surface area contributed by atoms with Gasteiger partial charge in [-0.2, -0.15) is 0 Å². The van der Waals surface area contributed by atoms with Gasteiger partial charge in [0, 0.05) is 19.6 Å². The second-order valence-electron chi connectivity index (χ2n) is 6.73. The van der Waals surface area contributed by atoms with E-state index < -0.39 is 10.0 Å². The van der Waals surface area contributed by atoms with E-state index in [2.05, 4.69) is 12.2 Å². The van der Waals surface area contributed by atoms with E-state index in [4.69, 9.17) is 5.14 Å². The number of carbonyl (C=O) groups excluding carboxylic acids is 1. The zero-order chi connectivity index (χ0) is 15.5. The van der Waals surface area contributed by atoms with E-state index in [1.165, 1.54) is 19.3 Å². The van der Waals surface area contributed by atoms with Crippen LogP contribution in [0.2, 0.25) is 0 Å². The minimum Gasteiger partial charge on any atom is -0.338 e. The lowest BCUT2D eigenvalue weighted by Gasteiger charge is -2.31. The number of primary sulfonamides is 1. The highest BCUT2D eigenvalue weighted by molar-refractivity contribution is 7.89. The van der Waals surface area contributed by atoms with Crippen molar-refractivity contribution in [2.75, 3.05) is 25.4 Å². The second kappa shape index (κ2) is 6.96. The maximum atomic E-state index is 12.1. The molecule has 0 aromatic carbocycles. The summed E-state index contributed by atoms with van der Waals surface area (Å²) in [6.45, 7) is 4.26. The largest absolute Gasteiger partial charge is 0.338 e. The zero-order valence-electron chi connectivity index (χ0n) is 12.8. The average Bonchev–Trinajstić information content (AvgIpc) is 2.81. The Kier molecular flexibility index (Phi) is 5.48. The van der Waals surface area contributed by atoms with Crippen molar-refractivity contribution >= 4 is 16.1 Å². The summed E-state index contributed by atoms with van der Waals surface area (Å²) in [5, 5.41) is 8.09. The molecule has 1 saturated heterocycles. The lowest BCUT2D eigenvalue weighted by molar-refractivity contribution is 0.173. The molecule has 1 aliphatic heterocycles. The molecule has 0 radical (unpaired) electrons. The van der Waals surface area contributed by atoms with Gasteiger partial charge in [-0.25, -0.2) is 18.4 Å². The molecule has 0 spiro atoms. The summed E-state index contributed by atoms with van der Waals surface area (Å²) in [6, 6.07) is -0.0105. The molecule has 3 N–H and O–H groups in total. The molecular formula is C14H27N3O3S. The Morgan fingerprint density at radius 1 is 1.19 bits per heavy atom. The molecule has 0 unspecified atom stereocenters. The maximum Gasteiger partial charge on any atom is 0.317 e. The SMILES string of the molecule is C[C@H]1CC[C@@H](CNC(=O)N2CCC(CS(N)(=O)=O)CC2)C1. The number of nitrogens with zero attached hydrogens (tertiary/aromatic N) is 1. The predicted molar refractivity (Wildman–Crippen MR) is 82.2 cm³/mol. The van der Waals surface area contributed by atoms with E-state index in [1.54, 1.807) is 4.90 Å². The molecule has 6 nitrogen and oxygen atoms in total. The Bertz CT molecular complexity index is 458. The molecular weight excluding hydrogens is 290 g/mol. The molecule has 7 heteroatoms. The molecule has 122 valence electrons. The van der Waals surface area contributed by atoms with E-state index in [-0.39, 0.29) is 17.7 Å². The predicted octanol–water partition coefficient (Wildman–Crippen LogP) is 1.13. The van der Waals surface area contributed by atoms with Crippen LogP contribution < -0.4 is 10.5 Å². The van der Waals surface area contributed by atoms with Crippen molar-refractivity contribution in [3.05, 3.63) is 0 Å². The molecule has 1 heterocycles. The lowest BCUT2D eigenvalue weighted by Crippen LogP contribution is -2.46. The molecule has 1 aliphatic carbocycles. The minimum atomic E-state index is -3.41. The van der Waals surface area contributed by atoms with Gasteiger partial charge in [-0.1, -0.05) is 13.3 Å². The van der Waals surface area contributed by atoms with E-state index in [0.29, 0.717) is 31.8 Å². The number of rotatable bonds is 4. The molecule has 0 aromatic rings. The van der Waals surface area contributed by atoms with Crippen LogP contribution in [0.1, 0.15) is 39.0 Å². The maximum absolute atomic E-state index is 12.1. The van der Waals surface area contributed by atoms with Crippen LogP contribution in [-0.4, -0.2) is 44.7 Å². The summed E-state index contributed by atoms with van der Waals surface area (Å²) in [5.74, 6) is 1.51. The summed E-state index contributed by atoms with van der Waals surface area (Å²) in [7, 11) is -3.41. The first-order valence-electron chi connectivity index (χ1n) is 7.86. The van der Waals surface area contributed by atoms with E-state index in [0.717, 1.165) is 12.5 Å². The fourth-order valence-corrected chi connectivity index (χ4v) is 4.48. The number of hydrogen-bond acceptors (Lipinski definition) is 3. The van der Waals surface area contributed by atoms with Gasteiger partial charge in [0.2, 0.25) is 10.0 Å². The van der Waals surface area contributed by atoms with Gasteiger partial charge in [0.05, 0.1) is 5.75 Å². The number of urea groups is 1. The van der Waals surface area contributed by atoms with Crippen LogP contribution >= 0.6 is 0 Å². The highest BCUT2D eigenvalue weighted by Crippen LogP contribution is 2.29. The number of likely N-dealkylation sites (tertiary alicyclic amines) is 1. The van der Waals surface area contributed by atoms with Crippen LogP contribution in [-0.2, 0) is 10.0 Å². The van der Waals surface area contributed by atoms with Crippen LogP contribution in [0.4, 0.5) is 4.79 Å². The molecule has 1 saturated carbocycles. The van der Waals surface area contributed by atoms with Crippen LogP contribution in [0.3, 0.4) is 0 Å². The van der Waals surface area contributed by atoms with Gasteiger partial charge in [0.15, 0.2) is 0 Å². The van der Waals surface area contributed by atoms with Crippen LogP contribution in [0.5, 0.6) is 0 Å². The Balaban J connectivity index is 1.68. The van der Waals surface area contributed by atoms with Crippen molar-refractivity contribution in [2.45, 2.75) is 39.0 Å². The molecule has 2 rings (SSSR count). The van der Waals surface area contributed by atoms with E-state index >= 15 is 0 Å². The fraction of sp³-hybridized carbons (Fsp3) is 0.929. The Morgan fingerprint density at radius 2 is 1.86 bits per heavy atom. The van der Waals surface area contributed by atoms with Crippen LogP contribution in [0.15, 0.2) is 0 Å². The van der Waals surface area contributed by atoms with Crippen LogP contribution in [0.25, 0.3) is 0 Å². The number of amides is 2. The first-order chi connectivity index (χ1) is 9.83. The van der Waals surface area contributed by atoms with E-state index in [1.807, 2.05) is 0 Å². The van der Waals surface area contributed by atoms with Crippen molar-refractivity contribution in [1.29, 1.82) is 0 Å². The number of nitrogens with two attached hydrogens (primary N) is 1. The first kappa shape index (κ1) is 16.5. The average molecular weight is 317 g/mol. The van der Waals surface area contributed by atoms with Gasteiger partial charge in [-0.15, -0.1) is 0 Å². The number of nitrogens with one attached hydrogen (secondary N) is 1. The van der Waals surface area contributed by atoms with Crippen molar-refractivity contribution in [3.63, 3.8) is 0 Å². The van der Waals surface area contributed by atoms with Crippen molar-refractivity contribution in [2.24, 2.45) is 22.9 Å². The molecule has 0 aromatic heterocycles. The molecule has 2 amide bonds. The van der Waals surface area contributed by atoms with Crippen molar-refractivity contribution < 1.29 is 13.2 Å². The summed E-state index contributed by atoms with van der Waals surface area (Å²) in [6.07, 6.45) is 5.10. The minimum absolute atomic E-state index is 0.0105. The molecule has 2 fully saturated rings. The van der Waals surface area contributed by atoms with E-state index in [9.17, 15) is 13.2 Å². The fourth-order valence-electron chi connectivity index (χ4n) is 3.49. The second-order valence-corrected chi connectivity index (χ2v) is 8.39. The first-order valence-corrected chi connectivity index (χ1v) is 9.58. The van der Waals surface area contributed by atoms with Crippen molar-refractivity contribution in [3.8, 4) is 0 Å². The van der Waals surface area contributed by atoms with Gasteiger partial charge < -0.3 is 10.2 Å². The van der Waals surface area contributed by atoms with Gasteiger partial charge in [0.25, 0.3) is 0 Å². The smallest absolute Gasteiger partial charge is 0.317 e. The number of piperidine rings is 1. The molecule has 2 aliphatic rings. The lowest BCUT2D eigenvalue weighted by atomic mass is 9.99. The van der Waals surface area contributed by atoms with Gasteiger partial charge in [-0.05, 0) is 43.4 Å². The van der Waals surface area contributed by atoms with Crippen LogP contribution in [0, 0.1) is 17.8 Å². The highest BCUT2D eigenvalue weighted by atomic mass is 32.2. The standard InChI is InChI=1S/C14H27N3O3S/c1-11-2-3-13(8-11)9-16-14(18)17-6-4-12(5-7-17)10-21(15,19)20/h11-13H,2-10H2,1H3,(H,16,18)(H2,15,19,20)/t11-,13+/m0/s1. The summed E-state index contributed by atoms with van der Waals surface area (Å²) >= 11 is 0. The third kappa shape index (κ3) is 5.47. The number of hydrogen-bond donors (Lipinski definition) is 2.